The van der Waals surface area contributed by atoms with E-state index in [2.05, 4.69) is 28.6 Å². The highest BCUT2D eigenvalue weighted by Crippen LogP contribution is 2.17. The standard InChI is InChI=1S/C19H33N3O3/c1-4-20-19(21-12-8-14-24-16-15-23-3)22-13-11-17-9-6-7-10-18(17)25-5-2/h6-7,9-10H,4-5,8,11-16H2,1-3H3,(H2,20,21,22). The monoisotopic (exact) mass is 351 g/mol. The Bertz CT molecular complexity index is 481. The number of guanidine groups is 1. The van der Waals surface area contributed by atoms with Gasteiger partial charge in [0.1, 0.15) is 5.75 Å². The summed E-state index contributed by atoms with van der Waals surface area (Å²) >= 11 is 0. The van der Waals surface area contributed by atoms with Crippen LogP contribution in [-0.4, -0.2) is 59.1 Å². The number of hydrogen-bond acceptors (Lipinski definition) is 4. The molecule has 2 N–H and O–H groups in total. The first-order valence-electron chi connectivity index (χ1n) is 9.11. The first-order valence-corrected chi connectivity index (χ1v) is 9.11. The third-order valence-corrected chi connectivity index (χ3v) is 3.45. The van der Waals surface area contributed by atoms with Crippen molar-refractivity contribution in [3.05, 3.63) is 29.8 Å². The summed E-state index contributed by atoms with van der Waals surface area (Å²) in [5.41, 5.74) is 1.21. The fourth-order valence-corrected chi connectivity index (χ4v) is 2.27. The lowest BCUT2D eigenvalue weighted by atomic mass is 10.1. The van der Waals surface area contributed by atoms with Crippen molar-refractivity contribution in [2.24, 2.45) is 4.99 Å². The van der Waals surface area contributed by atoms with E-state index in [1.807, 2.05) is 25.1 Å². The van der Waals surface area contributed by atoms with Crippen LogP contribution in [-0.2, 0) is 15.9 Å². The third-order valence-electron chi connectivity index (χ3n) is 3.45. The lowest BCUT2D eigenvalue weighted by Gasteiger charge is -2.13. The zero-order chi connectivity index (χ0) is 18.2. The number of methoxy groups -OCH3 is 1. The Kier molecular flexibility index (Phi) is 12.4. The van der Waals surface area contributed by atoms with Crippen LogP contribution in [0, 0.1) is 0 Å². The summed E-state index contributed by atoms with van der Waals surface area (Å²) in [5, 5.41) is 6.64. The second kappa shape index (κ2) is 14.5. The van der Waals surface area contributed by atoms with Gasteiger partial charge in [-0.1, -0.05) is 18.2 Å². The summed E-state index contributed by atoms with van der Waals surface area (Å²) in [6.45, 7) is 9.10. The molecule has 0 heterocycles. The van der Waals surface area contributed by atoms with Crippen LogP contribution < -0.4 is 15.4 Å². The second-order valence-corrected chi connectivity index (χ2v) is 5.44. The minimum Gasteiger partial charge on any atom is -0.494 e. The van der Waals surface area contributed by atoms with Crippen molar-refractivity contribution in [1.82, 2.24) is 10.6 Å². The Morgan fingerprint density at radius 3 is 2.68 bits per heavy atom. The molecule has 0 bridgehead atoms. The molecule has 0 amide bonds. The van der Waals surface area contributed by atoms with Gasteiger partial charge >= 0.3 is 0 Å². The van der Waals surface area contributed by atoms with Crippen molar-refractivity contribution < 1.29 is 14.2 Å². The average Bonchev–Trinajstić information content (AvgIpc) is 2.62. The van der Waals surface area contributed by atoms with Crippen LogP contribution in [0.3, 0.4) is 0 Å². The molecule has 1 aromatic rings. The van der Waals surface area contributed by atoms with Gasteiger partial charge in [-0.25, -0.2) is 0 Å². The maximum Gasteiger partial charge on any atom is 0.191 e. The van der Waals surface area contributed by atoms with Crippen molar-refractivity contribution in [2.75, 3.05) is 53.2 Å². The molecule has 1 rings (SSSR count). The van der Waals surface area contributed by atoms with E-state index in [4.69, 9.17) is 14.2 Å². The molecule has 142 valence electrons. The summed E-state index contributed by atoms with van der Waals surface area (Å²) in [7, 11) is 1.68. The molecule has 25 heavy (non-hydrogen) atoms. The van der Waals surface area contributed by atoms with Crippen LogP contribution >= 0.6 is 0 Å². The molecule has 0 aliphatic carbocycles. The lowest BCUT2D eigenvalue weighted by molar-refractivity contribution is 0.0702. The first-order chi connectivity index (χ1) is 12.3. The van der Waals surface area contributed by atoms with Gasteiger partial charge in [-0.3, -0.25) is 4.99 Å². The summed E-state index contributed by atoms with van der Waals surface area (Å²) in [5.74, 6) is 1.80. The van der Waals surface area contributed by atoms with Crippen LogP contribution in [0.25, 0.3) is 0 Å². The fraction of sp³-hybridized carbons (Fsp3) is 0.632. The summed E-state index contributed by atoms with van der Waals surface area (Å²) < 4.78 is 16.0. The van der Waals surface area contributed by atoms with Crippen LogP contribution in [0.5, 0.6) is 5.75 Å². The SMILES string of the molecule is CCNC(=NCCCOCCOC)NCCc1ccccc1OCC. The van der Waals surface area contributed by atoms with Crippen LogP contribution in [0.15, 0.2) is 29.3 Å². The molecule has 6 nitrogen and oxygen atoms in total. The predicted molar refractivity (Wildman–Crippen MR) is 103 cm³/mol. The number of nitrogens with zero attached hydrogens (tertiary/aromatic N) is 1. The van der Waals surface area contributed by atoms with Crippen molar-refractivity contribution in [3.63, 3.8) is 0 Å². The number of aliphatic imine (C=N–C) groups is 1. The van der Waals surface area contributed by atoms with Crippen molar-refractivity contribution >= 4 is 5.96 Å². The normalized spacial score (nSPS) is 11.4. The van der Waals surface area contributed by atoms with Crippen molar-refractivity contribution in [3.8, 4) is 5.75 Å². The highest BCUT2D eigenvalue weighted by atomic mass is 16.5. The molecule has 0 radical (unpaired) electrons. The van der Waals surface area contributed by atoms with Gasteiger partial charge < -0.3 is 24.8 Å². The number of rotatable bonds is 13. The van der Waals surface area contributed by atoms with Crippen LogP contribution in [0.1, 0.15) is 25.8 Å². The topological polar surface area (TPSA) is 64.1 Å². The van der Waals surface area contributed by atoms with E-state index in [1.165, 1.54) is 5.56 Å². The number of nitrogens with one attached hydrogen (secondary N) is 2. The Morgan fingerprint density at radius 2 is 1.92 bits per heavy atom. The van der Waals surface area contributed by atoms with Crippen molar-refractivity contribution in [1.29, 1.82) is 0 Å². The Morgan fingerprint density at radius 1 is 1.08 bits per heavy atom. The van der Waals surface area contributed by atoms with E-state index in [0.29, 0.717) is 26.4 Å². The average molecular weight is 351 g/mol. The van der Waals surface area contributed by atoms with Gasteiger partial charge in [0, 0.05) is 33.4 Å². The van der Waals surface area contributed by atoms with Crippen molar-refractivity contribution in [2.45, 2.75) is 26.7 Å². The van der Waals surface area contributed by atoms with Gasteiger partial charge in [0.05, 0.1) is 19.8 Å². The van der Waals surface area contributed by atoms with E-state index in [0.717, 1.165) is 44.2 Å². The molecule has 0 saturated heterocycles. The highest BCUT2D eigenvalue weighted by Gasteiger charge is 2.03. The first kappa shape index (κ1) is 21.3. The molecular weight excluding hydrogens is 318 g/mol. The zero-order valence-corrected chi connectivity index (χ0v) is 15.8. The molecule has 6 heteroatoms. The summed E-state index contributed by atoms with van der Waals surface area (Å²) in [6, 6.07) is 8.17. The molecule has 0 aromatic heterocycles. The maximum absolute atomic E-state index is 5.67. The van der Waals surface area contributed by atoms with E-state index in [-0.39, 0.29) is 0 Å². The molecule has 1 aromatic carbocycles. The molecule has 0 atom stereocenters. The van der Waals surface area contributed by atoms with E-state index in [1.54, 1.807) is 7.11 Å². The van der Waals surface area contributed by atoms with Gasteiger partial charge in [-0.2, -0.15) is 0 Å². The Balaban J connectivity index is 2.33. The number of benzene rings is 1. The molecular formula is C19H33N3O3. The van der Waals surface area contributed by atoms with E-state index in [9.17, 15) is 0 Å². The minimum atomic E-state index is 0.636. The maximum atomic E-state index is 5.67. The molecule has 0 spiro atoms. The largest absolute Gasteiger partial charge is 0.494 e. The van der Waals surface area contributed by atoms with Gasteiger partial charge in [-0.15, -0.1) is 0 Å². The number of hydrogen-bond donors (Lipinski definition) is 2. The predicted octanol–water partition coefficient (Wildman–Crippen LogP) is 2.24. The van der Waals surface area contributed by atoms with Crippen LogP contribution in [0.4, 0.5) is 0 Å². The van der Waals surface area contributed by atoms with Gasteiger partial charge in [0.15, 0.2) is 5.96 Å². The number of para-hydroxylation sites is 1. The van der Waals surface area contributed by atoms with E-state index < -0.39 is 0 Å². The second-order valence-electron chi connectivity index (χ2n) is 5.44. The summed E-state index contributed by atoms with van der Waals surface area (Å²) in [4.78, 5) is 4.57. The number of ether oxygens (including phenoxy) is 3. The third kappa shape index (κ3) is 9.94. The smallest absolute Gasteiger partial charge is 0.191 e. The molecule has 0 unspecified atom stereocenters. The molecule has 0 aliphatic heterocycles. The van der Waals surface area contributed by atoms with E-state index >= 15 is 0 Å². The Labute approximate surface area is 152 Å². The Hall–Kier alpha value is -1.79. The van der Waals surface area contributed by atoms with Gasteiger partial charge in [0.25, 0.3) is 0 Å². The van der Waals surface area contributed by atoms with Gasteiger partial charge in [-0.05, 0) is 38.3 Å². The molecule has 0 fully saturated rings. The molecule has 0 saturated carbocycles. The lowest BCUT2D eigenvalue weighted by Crippen LogP contribution is -2.38. The quantitative estimate of drug-likeness (QED) is 0.324. The minimum absolute atomic E-state index is 0.636. The fourth-order valence-electron chi connectivity index (χ4n) is 2.27. The molecule has 0 aliphatic rings. The zero-order valence-electron chi connectivity index (χ0n) is 15.8. The summed E-state index contributed by atoms with van der Waals surface area (Å²) in [6.07, 6.45) is 1.79. The van der Waals surface area contributed by atoms with Crippen LogP contribution in [0.2, 0.25) is 0 Å². The van der Waals surface area contributed by atoms with Gasteiger partial charge in [0.2, 0.25) is 0 Å². The highest BCUT2D eigenvalue weighted by molar-refractivity contribution is 5.79.